The van der Waals surface area contributed by atoms with Crippen LogP contribution >= 0.6 is 11.8 Å². The SMILES string of the molecule is CSc1ccc(C(=O)Nc2ccc(O)cc2C(=O)O)cc1. The Kier molecular flexibility index (Phi) is 4.49. The largest absolute Gasteiger partial charge is 0.508 e. The van der Waals surface area contributed by atoms with Crippen molar-refractivity contribution in [2.24, 2.45) is 0 Å². The molecule has 2 aromatic rings. The van der Waals surface area contributed by atoms with Crippen molar-refractivity contribution < 1.29 is 19.8 Å². The predicted octanol–water partition coefficient (Wildman–Crippen LogP) is 3.06. The van der Waals surface area contributed by atoms with Gasteiger partial charge in [0.15, 0.2) is 0 Å². The molecule has 0 saturated heterocycles. The molecule has 0 radical (unpaired) electrons. The first-order valence-electron chi connectivity index (χ1n) is 6.03. The highest BCUT2D eigenvalue weighted by Gasteiger charge is 2.14. The molecule has 6 heteroatoms. The molecule has 0 aliphatic heterocycles. The van der Waals surface area contributed by atoms with Crippen LogP contribution < -0.4 is 5.32 Å². The molecule has 1 amide bonds. The van der Waals surface area contributed by atoms with E-state index in [0.29, 0.717) is 5.56 Å². The fourth-order valence-corrected chi connectivity index (χ4v) is 2.16. The van der Waals surface area contributed by atoms with Crippen molar-refractivity contribution in [2.45, 2.75) is 4.90 Å². The first-order valence-corrected chi connectivity index (χ1v) is 7.25. The first kappa shape index (κ1) is 14.9. The summed E-state index contributed by atoms with van der Waals surface area (Å²) in [6.45, 7) is 0. The zero-order chi connectivity index (χ0) is 15.4. The first-order chi connectivity index (χ1) is 10.0. The Labute approximate surface area is 125 Å². The molecule has 108 valence electrons. The molecule has 2 rings (SSSR count). The van der Waals surface area contributed by atoms with Gasteiger partial charge in [0, 0.05) is 10.5 Å². The molecule has 0 heterocycles. The van der Waals surface area contributed by atoms with Crippen LogP contribution in [0.2, 0.25) is 0 Å². The van der Waals surface area contributed by atoms with Crippen LogP contribution in [-0.4, -0.2) is 28.3 Å². The monoisotopic (exact) mass is 303 g/mol. The number of carbonyl (C=O) groups excluding carboxylic acids is 1. The van der Waals surface area contributed by atoms with Gasteiger partial charge in [-0.3, -0.25) is 4.79 Å². The maximum atomic E-state index is 12.1. The van der Waals surface area contributed by atoms with E-state index in [1.54, 1.807) is 23.9 Å². The van der Waals surface area contributed by atoms with Gasteiger partial charge in [-0.05, 0) is 48.7 Å². The molecule has 0 atom stereocenters. The van der Waals surface area contributed by atoms with E-state index in [1.165, 1.54) is 12.1 Å². The lowest BCUT2D eigenvalue weighted by Crippen LogP contribution is -2.14. The predicted molar refractivity (Wildman–Crippen MR) is 81.2 cm³/mol. The summed E-state index contributed by atoms with van der Waals surface area (Å²) in [5, 5.41) is 20.9. The third-order valence-corrected chi connectivity index (χ3v) is 3.58. The van der Waals surface area contributed by atoms with Crippen LogP contribution in [0.3, 0.4) is 0 Å². The van der Waals surface area contributed by atoms with Gasteiger partial charge in [-0.25, -0.2) is 4.79 Å². The van der Waals surface area contributed by atoms with Crippen molar-refractivity contribution in [3.63, 3.8) is 0 Å². The fraction of sp³-hybridized carbons (Fsp3) is 0.0667. The number of hydrogen-bond acceptors (Lipinski definition) is 4. The highest BCUT2D eigenvalue weighted by atomic mass is 32.2. The standard InChI is InChI=1S/C15H13NO4S/c1-21-11-5-2-9(3-6-11)14(18)16-13-7-4-10(17)8-12(13)15(19)20/h2-8,17H,1H3,(H,16,18)(H,19,20). The number of aromatic carboxylic acids is 1. The number of carboxylic acid groups (broad SMARTS) is 1. The molecule has 3 N–H and O–H groups in total. The summed E-state index contributed by atoms with van der Waals surface area (Å²) >= 11 is 1.56. The fourth-order valence-electron chi connectivity index (χ4n) is 1.76. The molecular weight excluding hydrogens is 290 g/mol. The average molecular weight is 303 g/mol. The second-order valence-corrected chi connectivity index (χ2v) is 5.10. The van der Waals surface area contributed by atoms with Gasteiger partial charge in [-0.1, -0.05) is 0 Å². The van der Waals surface area contributed by atoms with E-state index in [9.17, 15) is 14.7 Å². The van der Waals surface area contributed by atoms with Crippen molar-refractivity contribution >= 4 is 29.3 Å². The van der Waals surface area contributed by atoms with Crippen LogP contribution in [0.5, 0.6) is 5.75 Å². The lowest BCUT2D eigenvalue weighted by atomic mass is 10.1. The second-order valence-electron chi connectivity index (χ2n) is 4.22. The minimum atomic E-state index is -1.22. The highest BCUT2D eigenvalue weighted by Crippen LogP contribution is 2.22. The number of thioether (sulfide) groups is 1. The number of anilines is 1. The molecule has 0 aliphatic rings. The zero-order valence-electron chi connectivity index (χ0n) is 11.2. The molecule has 2 aromatic carbocycles. The normalized spacial score (nSPS) is 10.1. The topological polar surface area (TPSA) is 86.6 Å². The third-order valence-electron chi connectivity index (χ3n) is 2.83. The summed E-state index contributed by atoms with van der Waals surface area (Å²) in [6, 6.07) is 10.7. The molecule has 0 aliphatic carbocycles. The number of carbonyl (C=O) groups is 2. The number of phenolic OH excluding ortho intramolecular Hbond substituents is 1. The molecule has 0 unspecified atom stereocenters. The van der Waals surface area contributed by atoms with E-state index < -0.39 is 11.9 Å². The van der Waals surface area contributed by atoms with Crippen LogP contribution in [0, 0.1) is 0 Å². The number of carboxylic acids is 1. The summed E-state index contributed by atoms with van der Waals surface area (Å²) < 4.78 is 0. The van der Waals surface area contributed by atoms with E-state index in [4.69, 9.17) is 5.11 Å². The van der Waals surface area contributed by atoms with Crippen molar-refractivity contribution in [2.75, 3.05) is 11.6 Å². The van der Waals surface area contributed by atoms with E-state index in [1.807, 2.05) is 18.4 Å². The molecule has 0 fully saturated rings. The van der Waals surface area contributed by atoms with Crippen molar-refractivity contribution in [3.8, 4) is 5.75 Å². The summed E-state index contributed by atoms with van der Waals surface area (Å²) in [6.07, 6.45) is 1.94. The van der Waals surface area contributed by atoms with Gasteiger partial charge in [0.1, 0.15) is 5.75 Å². The Hall–Kier alpha value is -2.47. The van der Waals surface area contributed by atoms with Crippen LogP contribution in [0.25, 0.3) is 0 Å². The van der Waals surface area contributed by atoms with Gasteiger partial charge in [-0.2, -0.15) is 0 Å². The third kappa shape index (κ3) is 3.55. The van der Waals surface area contributed by atoms with E-state index in [2.05, 4.69) is 5.32 Å². The quantitative estimate of drug-likeness (QED) is 0.597. The summed E-state index contributed by atoms with van der Waals surface area (Å²) in [5.74, 6) is -1.80. The van der Waals surface area contributed by atoms with Crippen molar-refractivity contribution in [1.29, 1.82) is 0 Å². The van der Waals surface area contributed by atoms with Gasteiger partial charge >= 0.3 is 5.97 Å². The highest BCUT2D eigenvalue weighted by molar-refractivity contribution is 7.98. The maximum Gasteiger partial charge on any atom is 0.337 e. The number of phenols is 1. The van der Waals surface area contributed by atoms with E-state index in [-0.39, 0.29) is 17.0 Å². The van der Waals surface area contributed by atoms with Gasteiger partial charge in [-0.15, -0.1) is 11.8 Å². The minimum absolute atomic E-state index is 0.138. The number of hydrogen-bond donors (Lipinski definition) is 3. The van der Waals surface area contributed by atoms with Gasteiger partial charge in [0.25, 0.3) is 5.91 Å². The lowest BCUT2D eigenvalue weighted by Gasteiger charge is -2.09. The number of rotatable bonds is 4. The van der Waals surface area contributed by atoms with E-state index >= 15 is 0 Å². The molecule has 21 heavy (non-hydrogen) atoms. The summed E-state index contributed by atoms with van der Waals surface area (Å²) in [7, 11) is 0. The smallest absolute Gasteiger partial charge is 0.337 e. The Morgan fingerprint density at radius 3 is 2.33 bits per heavy atom. The minimum Gasteiger partial charge on any atom is -0.508 e. The van der Waals surface area contributed by atoms with Crippen LogP contribution in [0.4, 0.5) is 5.69 Å². The van der Waals surface area contributed by atoms with Crippen molar-refractivity contribution in [3.05, 3.63) is 53.6 Å². The zero-order valence-corrected chi connectivity index (χ0v) is 12.0. The van der Waals surface area contributed by atoms with Crippen LogP contribution in [0.1, 0.15) is 20.7 Å². The summed E-state index contributed by atoms with van der Waals surface area (Å²) in [5.41, 5.74) is 0.403. The van der Waals surface area contributed by atoms with Crippen molar-refractivity contribution in [1.82, 2.24) is 0 Å². The van der Waals surface area contributed by atoms with Gasteiger partial charge in [0.2, 0.25) is 0 Å². The molecule has 0 bridgehead atoms. The van der Waals surface area contributed by atoms with E-state index in [0.717, 1.165) is 11.0 Å². The number of nitrogens with one attached hydrogen (secondary N) is 1. The Balaban J connectivity index is 2.24. The Morgan fingerprint density at radius 1 is 1.10 bits per heavy atom. The maximum absolute atomic E-state index is 12.1. The van der Waals surface area contributed by atoms with Crippen LogP contribution in [-0.2, 0) is 0 Å². The summed E-state index contributed by atoms with van der Waals surface area (Å²) in [4.78, 5) is 24.2. The van der Waals surface area contributed by atoms with Gasteiger partial charge in [0.05, 0.1) is 11.3 Å². The molecule has 0 aromatic heterocycles. The van der Waals surface area contributed by atoms with Gasteiger partial charge < -0.3 is 15.5 Å². The molecular formula is C15H13NO4S. The second kappa shape index (κ2) is 6.32. The lowest BCUT2D eigenvalue weighted by molar-refractivity contribution is 0.0697. The van der Waals surface area contributed by atoms with Crippen LogP contribution in [0.15, 0.2) is 47.4 Å². The Bertz CT molecular complexity index is 683. The number of benzene rings is 2. The number of aromatic hydroxyl groups is 1. The molecule has 0 saturated carbocycles. The average Bonchev–Trinajstić information content (AvgIpc) is 2.49. The number of amides is 1. The molecule has 5 nitrogen and oxygen atoms in total. The molecule has 0 spiro atoms. The Morgan fingerprint density at radius 2 is 1.76 bits per heavy atom.